The minimum atomic E-state index is -4.17. The number of fused-ring (bicyclic) bond motifs is 2. The van der Waals surface area contributed by atoms with Crippen LogP contribution in [0.15, 0.2) is 36.8 Å². The highest BCUT2D eigenvalue weighted by Gasteiger charge is 2.32. The van der Waals surface area contributed by atoms with Crippen LogP contribution in [0, 0.1) is 0 Å². The van der Waals surface area contributed by atoms with E-state index >= 15 is 0 Å². The average molecular weight is 431 g/mol. The van der Waals surface area contributed by atoms with Gasteiger partial charge >= 0.3 is 6.18 Å². The number of nitrogen functional groups attached to an aromatic ring is 1. The van der Waals surface area contributed by atoms with E-state index in [-0.39, 0.29) is 6.04 Å². The number of nitrogens with one attached hydrogen (secondary N) is 1. The van der Waals surface area contributed by atoms with E-state index in [0.717, 1.165) is 11.2 Å². The summed E-state index contributed by atoms with van der Waals surface area (Å²) in [5.41, 5.74) is 9.11. The van der Waals surface area contributed by atoms with Crippen LogP contribution in [0.2, 0.25) is 0 Å². The van der Waals surface area contributed by atoms with Crippen LogP contribution < -0.4 is 11.1 Å². The lowest BCUT2D eigenvalue weighted by atomic mass is 10.1. The summed E-state index contributed by atoms with van der Waals surface area (Å²) in [6.07, 6.45) is 2.18. The summed E-state index contributed by atoms with van der Waals surface area (Å²) in [7, 11) is 0. The van der Waals surface area contributed by atoms with E-state index in [2.05, 4.69) is 25.5 Å². The average Bonchev–Trinajstić information content (AvgIpc) is 3.34. The molecule has 1 saturated heterocycles. The Bertz CT molecular complexity index is 1220. The number of halogens is 3. The van der Waals surface area contributed by atoms with Crippen molar-refractivity contribution in [2.24, 2.45) is 0 Å². The summed E-state index contributed by atoms with van der Waals surface area (Å²) in [6.45, 7) is -0.143. The predicted molar refractivity (Wildman–Crippen MR) is 109 cm³/mol. The minimum Gasteiger partial charge on any atom is -0.382 e. The van der Waals surface area contributed by atoms with Gasteiger partial charge in [-0.15, -0.1) is 5.10 Å². The molecule has 9 nitrogen and oxygen atoms in total. The molecule has 5 rings (SSSR count). The van der Waals surface area contributed by atoms with Crippen LogP contribution in [0.1, 0.15) is 12.8 Å². The molecule has 0 spiro atoms. The van der Waals surface area contributed by atoms with Crippen molar-refractivity contribution in [1.29, 1.82) is 0 Å². The van der Waals surface area contributed by atoms with Crippen LogP contribution in [0.4, 0.5) is 24.9 Å². The van der Waals surface area contributed by atoms with Gasteiger partial charge in [0.15, 0.2) is 11.5 Å². The molecule has 0 bridgehead atoms. The molecule has 0 saturated carbocycles. The number of anilines is 2. The Morgan fingerprint density at radius 3 is 2.65 bits per heavy atom. The van der Waals surface area contributed by atoms with Crippen molar-refractivity contribution < 1.29 is 13.2 Å². The second-order valence-electron chi connectivity index (χ2n) is 7.60. The van der Waals surface area contributed by atoms with Gasteiger partial charge < -0.3 is 11.1 Å². The number of hydrogen-bond acceptors (Lipinski definition) is 7. The zero-order valence-electron chi connectivity index (χ0n) is 16.4. The largest absolute Gasteiger partial charge is 0.401 e. The smallest absolute Gasteiger partial charge is 0.382 e. The van der Waals surface area contributed by atoms with E-state index in [1.165, 1.54) is 4.90 Å². The van der Waals surface area contributed by atoms with E-state index in [4.69, 9.17) is 5.73 Å². The molecule has 0 atom stereocenters. The lowest BCUT2D eigenvalue weighted by Crippen LogP contribution is -2.43. The molecular weight excluding hydrogens is 411 g/mol. The minimum absolute atomic E-state index is 0.0123. The van der Waals surface area contributed by atoms with Gasteiger partial charge in [0.05, 0.1) is 12.2 Å². The second-order valence-corrected chi connectivity index (χ2v) is 7.60. The first-order chi connectivity index (χ1) is 14.9. The quantitative estimate of drug-likeness (QED) is 0.512. The van der Waals surface area contributed by atoms with Crippen LogP contribution in [-0.4, -0.2) is 65.9 Å². The van der Waals surface area contributed by atoms with E-state index in [1.54, 1.807) is 27.6 Å². The third kappa shape index (κ3) is 3.98. The second kappa shape index (κ2) is 7.38. The number of rotatable bonds is 4. The molecule has 31 heavy (non-hydrogen) atoms. The van der Waals surface area contributed by atoms with Crippen LogP contribution in [0.3, 0.4) is 0 Å². The third-order valence-corrected chi connectivity index (χ3v) is 5.39. The fraction of sp³-hybridized carbons (Fsp3) is 0.368. The van der Waals surface area contributed by atoms with Crippen molar-refractivity contribution >= 4 is 22.9 Å². The molecular formula is C19H20F3N9. The van der Waals surface area contributed by atoms with Crippen molar-refractivity contribution in [3.8, 4) is 11.3 Å². The lowest BCUT2D eigenvalue weighted by molar-refractivity contribution is -0.147. The molecule has 1 aliphatic rings. The molecule has 4 aromatic heterocycles. The Morgan fingerprint density at radius 1 is 1.06 bits per heavy atom. The molecule has 12 heteroatoms. The van der Waals surface area contributed by atoms with E-state index in [9.17, 15) is 13.2 Å². The number of nitrogens with two attached hydrogens (primary N) is 1. The van der Waals surface area contributed by atoms with Crippen molar-refractivity contribution in [3.05, 3.63) is 36.8 Å². The number of aromatic nitrogens is 6. The highest BCUT2D eigenvalue weighted by atomic mass is 19.4. The third-order valence-electron chi connectivity index (χ3n) is 5.39. The number of hydrogen-bond donors (Lipinski definition) is 2. The Balaban J connectivity index is 1.34. The molecule has 0 unspecified atom stereocenters. The normalized spacial score (nSPS) is 16.4. The van der Waals surface area contributed by atoms with Crippen LogP contribution in [0.5, 0.6) is 0 Å². The van der Waals surface area contributed by atoms with Gasteiger partial charge in [0.1, 0.15) is 5.52 Å². The first-order valence-electron chi connectivity index (χ1n) is 9.87. The summed E-state index contributed by atoms with van der Waals surface area (Å²) in [5, 5.41) is 12.2. The highest BCUT2D eigenvalue weighted by Crippen LogP contribution is 2.28. The monoisotopic (exact) mass is 431 g/mol. The van der Waals surface area contributed by atoms with E-state index in [1.807, 2.05) is 18.2 Å². The lowest BCUT2D eigenvalue weighted by Gasteiger charge is -2.32. The molecule has 0 amide bonds. The molecule has 0 aromatic carbocycles. The van der Waals surface area contributed by atoms with Crippen molar-refractivity contribution in [2.75, 3.05) is 30.7 Å². The molecule has 1 aliphatic heterocycles. The zero-order valence-corrected chi connectivity index (χ0v) is 16.4. The fourth-order valence-electron chi connectivity index (χ4n) is 3.95. The molecule has 162 valence electrons. The van der Waals surface area contributed by atoms with E-state index < -0.39 is 12.7 Å². The number of nitrogens with zero attached hydrogens (tertiary/aromatic N) is 7. The Labute approximate surface area is 174 Å². The summed E-state index contributed by atoms with van der Waals surface area (Å²) in [4.78, 5) is 9.98. The zero-order chi connectivity index (χ0) is 21.6. The SMILES string of the molecule is Nc1nc(NC2CCN(CC(F)(F)F)CC2)nn2ccc(-c3ccc4nccn4n3)c12. The number of piperidine rings is 1. The maximum Gasteiger partial charge on any atom is 0.401 e. The highest BCUT2D eigenvalue weighted by molar-refractivity contribution is 5.86. The molecule has 0 aliphatic carbocycles. The summed E-state index contributed by atoms with van der Waals surface area (Å²) in [6, 6.07) is 5.58. The van der Waals surface area contributed by atoms with Gasteiger partial charge in [0.2, 0.25) is 5.95 Å². The number of alkyl halides is 3. The maximum atomic E-state index is 12.6. The number of imidazole rings is 1. The van der Waals surface area contributed by atoms with Gasteiger partial charge in [0, 0.05) is 43.3 Å². The first kappa shape index (κ1) is 19.5. The van der Waals surface area contributed by atoms with Crippen LogP contribution in [0.25, 0.3) is 22.4 Å². The topological polar surface area (TPSA) is 102 Å². The first-order valence-corrected chi connectivity index (χ1v) is 9.87. The van der Waals surface area contributed by atoms with Gasteiger partial charge in [-0.05, 0) is 31.0 Å². The van der Waals surface area contributed by atoms with Gasteiger partial charge in [-0.1, -0.05) is 0 Å². The van der Waals surface area contributed by atoms with Gasteiger partial charge in [0.25, 0.3) is 0 Å². The Kier molecular flexibility index (Phi) is 4.65. The number of likely N-dealkylation sites (tertiary alicyclic amines) is 1. The van der Waals surface area contributed by atoms with Gasteiger partial charge in [-0.3, -0.25) is 4.90 Å². The summed E-state index contributed by atoms with van der Waals surface area (Å²) in [5.74, 6) is 0.638. The Morgan fingerprint density at radius 2 is 1.87 bits per heavy atom. The predicted octanol–water partition coefficient (Wildman–Crippen LogP) is 2.46. The maximum absolute atomic E-state index is 12.6. The Hall–Kier alpha value is -3.41. The standard InChI is InChI=1S/C19H20F3N9/c20-19(21,22)11-29-7-3-12(4-8-29)25-18-26-17(23)16-13(5-9-31(16)28-18)14-1-2-15-24-6-10-30(15)27-14/h1-2,5-6,9-10,12H,3-4,7-8,11H2,(H3,23,25,26,28). The molecule has 4 aromatic rings. The molecule has 3 N–H and O–H groups in total. The van der Waals surface area contributed by atoms with Gasteiger partial charge in [-0.2, -0.15) is 23.3 Å². The fourth-order valence-corrected chi connectivity index (χ4v) is 3.95. The molecule has 0 radical (unpaired) electrons. The van der Waals surface area contributed by atoms with Crippen LogP contribution >= 0.6 is 0 Å². The van der Waals surface area contributed by atoms with Crippen molar-refractivity contribution in [3.63, 3.8) is 0 Å². The molecule has 1 fully saturated rings. The van der Waals surface area contributed by atoms with Crippen LogP contribution in [-0.2, 0) is 0 Å². The van der Waals surface area contributed by atoms with Crippen molar-refractivity contribution in [2.45, 2.75) is 25.1 Å². The summed E-state index contributed by atoms with van der Waals surface area (Å²) < 4.78 is 41.0. The molecule has 5 heterocycles. The van der Waals surface area contributed by atoms with Gasteiger partial charge in [-0.25, -0.2) is 14.0 Å². The van der Waals surface area contributed by atoms with E-state index in [0.29, 0.717) is 48.9 Å². The van der Waals surface area contributed by atoms with Crippen molar-refractivity contribution in [1.82, 2.24) is 34.1 Å². The summed E-state index contributed by atoms with van der Waals surface area (Å²) >= 11 is 0.